The molecular weight excluding hydrogens is 639 g/mol. The molecule has 5 heteroatoms. The lowest BCUT2D eigenvalue weighted by atomic mass is 10.1. The van der Waals surface area contributed by atoms with E-state index >= 15 is 0 Å². The lowest BCUT2D eigenvalue weighted by Crippen LogP contribution is -2.73. The first-order valence-electron chi connectivity index (χ1n) is 17.3. The summed E-state index contributed by atoms with van der Waals surface area (Å²) in [7, 11) is -2.97. The molecule has 0 amide bonds. The van der Waals surface area contributed by atoms with Gasteiger partial charge in [-0.1, -0.05) is 152 Å². The molecule has 51 heavy (non-hydrogen) atoms. The zero-order valence-electron chi connectivity index (χ0n) is 27.5. The molecule has 0 aliphatic carbocycles. The van der Waals surface area contributed by atoms with Gasteiger partial charge < -0.3 is 4.42 Å². The Balaban J connectivity index is 1.38. The topological polar surface area (TPSA) is 43.9 Å². The number of fused-ring (bicyclic) bond motifs is 10. The summed E-state index contributed by atoms with van der Waals surface area (Å²) in [5.41, 5.74) is 7.14. The Morgan fingerprint density at radius 2 is 1.10 bits per heavy atom. The van der Waals surface area contributed by atoms with Crippen molar-refractivity contribution in [2.45, 2.75) is 0 Å². The maximum absolute atomic E-state index is 6.44. The van der Waals surface area contributed by atoms with Crippen LogP contribution in [0.4, 0.5) is 0 Å². The van der Waals surface area contributed by atoms with Gasteiger partial charge in [0, 0.05) is 37.9 Å². The monoisotopic (exact) mass is 667 g/mol. The predicted octanol–water partition coefficient (Wildman–Crippen LogP) is 8.50. The Bertz CT molecular complexity index is 2930. The van der Waals surface area contributed by atoms with Crippen molar-refractivity contribution in [3.05, 3.63) is 176 Å². The van der Waals surface area contributed by atoms with E-state index < -0.39 is 8.07 Å². The Kier molecular flexibility index (Phi) is 5.95. The van der Waals surface area contributed by atoms with Gasteiger partial charge in [-0.25, -0.2) is 9.97 Å². The molecule has 0 bridgehead atoms. The van der Waals surface area contributed by atoms with Gasteiger partial charge in [-0.05, 0) is 39.8 Å². The fourth-order valence-electron chi connectivity index (χ4n) is 8.66. The van der Waals surface area contributed by atoms with Gasteiger partial charge in [0.15, 0.2) is 13.9 Å². The quantitative estimate of drug-likeness (QED) is 0.177. The zero-order valence-corrected chi connectivity index (χ0v) is 28.5. The fraction of sp³-hybridized carbons (Fsp3) is 0. The van der Waals surface area contributed by atoms with Crippen LogP contribution in [0, 0.1) is 0 Å². The van der Waals surface area contributed by atoms with Gasteiger partial charge in [0.25, 0.3) is 0 Å². The van der Waals surface area contributed by atoms with Gasteiger partial charge in [-0.15, -0.1) is 0 Å². The van der Waals surface area contributed by atoms with Gasteiger partial charge in [0.1, 0.15) is 17.0 Å². The molecule has 0 radical (unpaired) electrons. The van der Waals surface area contributed by atoms with Crippen LogP contribution in [-0.2, 0) is 0 Å². The number of nitrogens with zero attached hydrogens (tertiary/aromatic N) is 3. The number of para-hydroxylation sites is 2. The number of benzene rings is 7. The molecule has 11 rings (SSSR count). The van der Waals surface area contributed by atoms with Crippen molar-refractivity contribution in [3.63, 3.8) is 0 Å². The SMILES string of the molecule is c1ccc(-c2nc3c(c(-n4c5ccccc5c5c6c(ccc54)oc4ccccc46)n2)[Si](c2ccccc2)(c2ccccc2)c2ccccc2-3)cc1. The summed E-state index contributed by atoms with van der Waals surface area (Å²) >= 11 is 0. The van der Waals surface area contributed by atoms with Crippen LogP contribution in [0.1, 0.15) is 0 Å². The third-order valence-electron chi connectivity index (χ3n) is 10.7. The summed E-state index contributed by atoms with van der Waals surface area (Å²) in [4.78, 5) is 11.2. The average molecular weight is 668 g/mol. The van der Waals surface area contributed by atoms with Crippen molar-refractivity contribution in [2.24, 2.45) is 0 Å². The van der Waals surface area contributed by atoms with E-state index in [2.05, 4.69) is 168 Å². The molecule has 0 fully saturated rings. The molecule has 238 valence electrons. The molecule has 0 N–H and O–H groups in total. The minimum atomic E-state index is -2.97. The third kappa shape index (κ3) is 3.84. The van der Waals surface area contributed by atoms with Crippen LogP contribution in [0.2, 0.25) is 0 Å². The van der Waals surface area contributed by atoms with Crippen molar-refractivity contribution >= 4 is 72.6 Å². The largest absolute Gasteiger partial charge is 0.456 e. The number of furan rings is 1. The highest BCUT2D eigenvalue weighted by Crippen LogP contribution is 2.42. The maximum Gasteiger partial charge on any atom is 0.187 e. The summed E-state index contributed by atoms with van der Waals surface area (Å²) in [6, 6.07) is 62.9. The first-order valence-corrected chi connectivity index (χ1v) is 19.3. The summed E-state index contributed by atoms with van der Waals surface area (Å²) in [6.07, 6.45) is 0. The van der Waals surface area contributed by atoms with E-state index in [1.165, 1.54) is 37.1 Å². The highest BCUT2D eigenvalue weighted by atomic mass is 28.3. The second-order valence-electron chi connectivity index (χ2n) is 13.3. The molecule has 0 spiro atoms. The molecule has 4 heterocycles. The Morgan fingerprint density at radius 3 is 1.86 bits per heavy atom. The van der Waals surface area contributed by atoms with Crippen molar-refractivity contribution in [1.29, 1.82) is 0 Å². The van der Waals surface area contributed by atoms with E-state index in [0.29, 0.717) is 5.82 Å². The van der Waals surface area contributed by atoms with Crippen molar-refractivity contribution in [1.82, 2.24) is 14.5 Å². The molecule has 4 nitrogen and oxygen atoms in total. The molecule has 1 aliphatic rings. The molecular formula is C46H29N3OSi. The van der Waals surface area contributed by atoms with E-state index in [0.717, 1.165) is 50.0 Å². The van der Waals surface area contributed by atoms with Gasteiger partial charge in [-0.2, -0.15) is 0 Å². The smallest absolute Gasteiger partial charge is 0.187 e. The highest BCUT2D eigenvalue weighted by Gasteiger charge is 2.52. The second-order valence-corrected chi connectivity index (χ2v) is 17.0. The Labute approximate surface area is 294 Å². The number of hydrogen-bond donors (Lipinski definition) is 0. The molecule has 1 aliphatic heterocycles. The molecule has 7 aromatic carbocycles. The number of aromatic nitrogens is 3. The highest BCUT2D eigenvalue weighted by molar-refractivity contribution is 7.22. The summed E-state index contributed by atoms with van der Waals surface area (Å²) < 4.78 is 8.85. The number of hydrogen-bond acceptors (Lipinski definition) is 3. The first-order chi connectivity index (χ1) is 25.3. The molecule has 3 aromatic heterocycles. The van der Waals surface area contributed by atoms with E-state index in [1.807, 2.05) is 12.1 Å². The zero-order chi connectivity index (χ0) is 33.5. The van der Waals surface area contributed by atoms with Crippen LogP contribution in [0.3, 0.4) is 0 Å². The van der Waals surface area contributed by atoms with Crippen molar-refractivity contribution in [3.8, 4) is 28.5 Å². The Morgan fingerprint density at radius 1 is 0.471 bits per heavy atom. The lowest BCUT2D eigenvalue weighted by Gasteiger charge is -2.32. The van der Waals surface area contributed by atoms with Crippen LogP contribution >= 0.6 is 0 Å². The van der Waals surface area contributed by atoms with Crippen LogP contribution in [0.5, 0.6) is 0 Å². The van der Waals surface area contributed by atoms with Crippen molar-refractivity contribution < 1.29 is 4.42 Å². The first kappa shape index (κ1) is 28.3. The van der Waals surface area contributed by atoms with Gasteiger partial charge in [0.2, 0.25) is 0 Å². The molecule has 0 saturated heterocycles. The second kappa shape index (κ2) is 10.7. The van der Waals surface area contributed by atoms with E-state index in [1.54, 1.807) is 0 Å². The van der Waals surface area contributed by atoms with Crippen LogP contribution in [0.15, 0.2) is 180 Å². The molecule has 10 aromatic rings. The summed E-state index contributed by atoms with van der Waals surface area (Å²) in [6.45, 7) is 0. The lowest BCUT2D eigenvalue weighted by molar-refractivity contribution is 0.669. The molecule has 0 unspecified atom stereocenters. The molecule has 0 atom stereocenters. The van der Waals surface area contributed by atoms with Crippen LogP contribution < -0.4 is 20.7 Å². The predicted molar refractivity (Wildman–Crippen MR) is 212 cm³/mol. The van der Waals surface area contributed by atoms with Gasteiger partial charge in [-0.3, -0.25) is 4.57 Å². The van der Waals surface area contributed by atoms with Crippen molar-refractivity contribution in [2.75, 3.05) is 0 Å². The summed E-state index contributed by atoms with van der Waals surface area (Å²) in [5.74, 6) is 1.64. The summed E-state index contributed by atoms with van der Waals surface area (Å²) in [5, 5.41) is 9.74. The van der Waals surface area contributed by atoms with E-state index in [4.69, 9.17) is 14.4 Å². The average Bonchev–Trinajstić information content (AvgIpc) is 3.85. The maximum atomic E-state index is 6.44. The van der Waals surface area contributed by atoms with E-state index in [-0.39, 0.29) is 0 Å². The standard InChI is InChI=1S/C46H29N3OSi/c1-4-16-30(17-5-1)45-47-43-35-24-12-15-27-40(35)51(31-18-6-2-7-19-31,32-20-8-3-9-21-32)44(43)46(48-45)49-36-25-13-10-22-33(36)41-37(49)28-29-39-42(41)34-23-11-14-26-38(34)50-39/h1-29H. The van der Waals surface area contributed by atoms with Crippen LogP contribution in [-0.4, -0.2) is 22.6 Å². The Hall–Kier alpha value is -6.56. The molecule has 0 saturated carbocycles. The normalized spacial score (nSPS) is 13.3. The van der Waals surface area contributed by atoms with Gasteiger partial charge >= 0.3 is 0 Å². The fourth-order valence-corrected chi connectivity index (χ4v) is 13.9. The van der Waals surface area contributed by atoms with E-state index in [9.17, 15) is 0 Å². The van der Waals surface area contributed by atoms with Crippen LogP contribution in [0.25, 0.3) is 72.2 Å². The van der Waals surface area contributed by atoms with Gasteiger partial charge in [0.05, 0.1) is 16.7 Å². The third-order valence-corrected chi connectivity index (χ3v) is 15.5. The minimum absolute atomic E-state index is 0.714. The minimum Gasteiger partial charge on any atom is -0.456 e. The number of rotatable bonds is 4.